The van der Waals surface area contributed by atoms with Gasteiger partial charge >= 0.3 is 0 Å². The molecule has 31 heavy (non-hydrogen) atoms. The standard InChI is InChI=1S/C31H38/c1-4-25-19-18-24(21-26(25)5-2)17-16-23(3)20-29-14-9-15-31(29)30-13-8-12-28(22-30)27-10-6-7-11-27/h6-8,10-13,18-19,21-22,27,29,31H,3-5,9,14-17,20H2,1-2H3/t29-,31?/m1/s1. The zero-order valence-electron chi connectivity index (χ0n) is 19.4. The Labute approximate surface area is 189 Å². The third-order valence-corrected chi connectivity index (χ3v) is 7.48. The molecule has 0 aromatic heterocycles. The molecule has 1 unspecified atom stereocenters. The quantitative estimate of drug-likeness (QED) is 0.364. The second-order valence-corrected chi connectivity index (χ2v) is 9.53. The molecule has 0 N–H and O–H groups in total. The van der Waals surface area contributed by atoms with Gasteiger partial charge in [-0.25, -0.2) is 0 Å². The van der Waals surface area contributed by atoms with E-state index in [2.05, 4.69) is 87.2 Å². The zero-order valence-corrected chi connectivity index (χ0v) is 19.4. The monoisotopic (exact) mass is 410 g/mol. The first-order valence-corrected chi connectivity index (χ1v) is 12.4. The molecule has 0 nitrogen and oxygen atoms in total. The molecule has 2 aliphatic carbocycles. The van der Waals surface area contributed by atoms with Crippen LogP contribution in [0.25, 0.3) is 0 Å². The molecule has 162 valence electrons. The molecule has 2 aromatic carbocycles. The summed E-state index contributed by atoms with van der Waals surface area (Å²) in [5.74, 6) is 1.91. The lowest BCUT2D eigenvalue weighted by molar-refractivity contribution is 0.474. The lowest BCUT2D eigenvalue weighted by Gasteiger charge is -2.22. The van der Waals surface area contributed by atoms with E-state index in [1.807, 2.05) is 0 Å². The van der Waals surface area contributed by atoms with E-state index in [0.717, 1.165) is 31.6 Å². The van der Waals surface area contributed by atoms with Crippen molar-refractivity contribution in [1.29, 1.82) is 0 Å². The van der Waals surface area contributed by atoms with Gasteiger partial charge in [-0.15, -0.1) is 0 Å². The van der Waals surface area contributed by atoms with Gasteiger partial charge in [0.2, 0.25) is 0 Å². The van der Waals surface area contributed by atoms with Crippen LogP contribution in [0.4, 0.5) is 0 Å². The van der Waals surface area contributed by atoms with Gasteiger partial charge in [0.25, 0.3) is 0 Å². The average Bonchev–Trinajstić information content (AvgIpc) is 3.50. The molecule has 2 aliphatic rings. The van der Waals surface area contributed by atoms with Gasteiger partial charge in [-0.2, -0.15) is 0 Å². The van der Waals surface area contributed by atoms with Crippen LogP contribution in [0, 0.1) is 5.92 Å². The maximum absolute atomic E-state index is 4.50. The van der Waals surface area contributed by atoms with E-state index in [1.54, 1.807) is 5.56 Å². The number of rotatable bonds is 9. The first kappa shape index (κ1) is 21.9. The molecule has 2 atom stereocenters. The number of hydrogen-bond acceptors (Lipinski definition) is 0. The minimum atomic E-state index is 0.460. The Bertz CT molecular complexity index is 946. The molecule has 0 aliphatic heterocycles. The van der Waals surface area contributed by atoms with Crippen LogP contribution in [0.15, 0.2) is 78.9 Å². The first-order chi connectivity index (χ1) is 15.2. The van der Waals surface area contributed by atoms with Gasteiger partial charge in [-0.05, 0) is 84.6 Å². The Balaban J connectivity index is 1.36. The van der Waals surface area contributed by atoms with E-state index >= 15 is 0 Å². The van der Waals surface area contributed by atoms with Gasteiger partial charge < -0.3 is 0 Å². The fraction of sp³-hybridized carbons (Fsp3) is 0.419. The van der Waals surface area contributed by atoms with Crippen molar-refractivity contribution >= 4 is 0 Å². The van der Waals surface area contributed by atoms with Gasteiger partial charge in [0.1, 0.15) is 0 Å². The Morgan fingerprint density at radius 2 is 1.68 bits per heavy atom. The lowest BCUT2D eigenvalue weighted by Crippen LogP contribution is -2.08. The van der Waals surface area contributed by atoms with E-state index < -0.39 is 0 Å². The summed E-state index contributed by atoms with van der Waals surface area (Å²) in [4.78, 5) is 0. The molecule has 0 saturated heterocycles. The summed E-state index contributed by atoms with van der Waals surface area (Å²) < 4.78 is 0. The number of benzene rings is 2. The normalized spacial score (nSPS) is 20.6. The largest absolute Gasteiger partial charge is 0.0998 e. The van der Waals surface area contributed by atoms with E-state index in [-0.39, 0.29) is 0 Å². The van der Waals surface area contributed by atoms with Crippen molar-refractivity contribution in [1.82, 2.24) is 0 Å². The highest BCUT2D eigenvalue weighted by molar-refractivity contribution is 5.38. The third-order valence-electron chi connectivity index (χ3n) is 7.48. The van der Waals surface area contributed by atoms with Crippen molar-refractivity contribution in [2.24, 2.45) is 5.92 Å². The van der Waals surface area contributed by atoms with E-state index in [0.29, 0.717) is 11.8 Å². The van der Waals surface area contributed by atoms with E-state index in [4.69, 9.17) is 0 Å². The highest BCUT2D eigenvalue weighted by Gasteiger charge is 2.29. The SMILES string of the molecule is C=C(CCc1ccc(CC)c(CC)c1)C[C@H]1CCCC1c1cccc(C2C=CC=C2)c1. The number of aryl methyl sites for hydroxylation is 3. The van der Waals surface area contributed by atoms with Crippen molar-refractivity contribution in [2.45, 2.75) is 77.0 Å². The molecular formula is C31H38. The van der Waals surface area contributed by atoms with Crippen LogP contribution < -0.4 is 0 Å². The smallest absolute Gasteiger partial charge is 0.0204 e. The Morgan fingerprint density at radius 1 is 0.903 bits per heavy atom. The molecule has 0 radical (unpaired) electrons. The van der Waals surface area contributed by atoms with Crippen molar-refractivity contribution < 1.29 is 0 Å². The molecule has 0 amide bonds. The van der Waals surface area contributed by atoms with Crippen LogP contribution in [0.2, 0.25) is 0 Å². The maximum Gasteiger partial charge on any atom is 0.0204 e. The highest BCUT2D eigenvalue weighted by Crippen LogP contribution is 2.43. The second-order valence-electron chi connectivity index (χ2n) is 9.53. The van der Waals surface area contributed by atoms with E-state index in [1.165, 1.54) is 53.5 Å². The molecule has 0 bridgehead atoms. The Morgan fingerprint density at radius 3 is 2.45 bits per heavy atom. The molecule has 2 aromatic rings. The molecule has 1 saturated carbocycles. The summed E-state index contributed by atoms with van der Waals surface area (Å²) in [6.45, 7) is 9.02. The third kappa shape index (κ3) is 5.29. The summed E-state index contributed by atoms with van der Waals surface area (Å²) in [5.41, 5.74) is 8.92. The number of allylic oxidation sites excluding steroid dienone is 5. The molecule has 4 rings (SSSR count). The maximum atomic E-state index is 4.50. The zero-order chi connectivity index (χ0) is 21.6. The summed E-state index contributed by atoms with van der Waals surface area (Å²) in [6.07, 6.45) is 18.7. The fourth-order valence-electron chi connectivity index (χ4n) is 5.67. The fourth-order valence-corrected chi connectivity index (χ4v) is 5.67. The summed E-state index contributed by atoms with van der Waals surface area (Å²) in [5, 5.41) is 0. The Kier molecular flexibility index (Phi) is 7.28. The molecule has 0 heterocycles. The minimum Gasteiger partial charge on any atom is -0.0998 e. The molecular weight excluding hydrogens is 372 g/mol. The van der Waals surface area contributed by atoms with Crippen molar-refractivity contribution in [2.75, 3.05) is 0 Å². The Hall–Kier alpha value is -2.34. The van der Waals surface area contributed by atoms with Crippen molar-refractivity contribution in [3.63, 3.8) is 0 Å². The molecule has 1 fully saturated rings. The van der Waals surface area contributed by atoms with Crippen LogP contribution in [0.1, 0.15) is 85.6 Å². The van der Waals surface area contributed by atoms with Gasteiger partial charge in [0.05, 0.1) is 0 Å². The van der Waals surface area contributed by atoms with Crippen LogP contribution in [0.3, 0.4) is 0 Å². The van der Waals surface area contributed by atoms with Crippen LogP contribution in [0.5, 0.6) is 0 Å². The van der Waals surface area contributed by atoms with Crippen molar-refractivity contribution in [3.8, 4) is 0 Å². The molecule has 0 heteroatoms. The predicted molar refractivity (Wildman–Crippen MR) is 135 cm³/mol. The first-order valence-electron chi connectivity index (χ1n) is 12.4. The minimum absolute atomic E-state index is 0.460. The molecule has 0 spiro atoms. The van der Waals surface area contributed by atoms with E-state index in [9.17, 15) is 0 Å². The highest BCUT2D eigenvalue weighted by atomic mass is 14.3. The van der Waals surface area contributed by atoms with Crippen molar-refractivity contribution in [3.05, 3.63) is 107 Å². The lowest BCUT2D eigenvalue weighted by atomic mass is 9.82. The van der Waals surface area contributed by atoms with Crippen LogP contribution >= 0.6 is 0 Å². The second kappa shape index (κ2) is 10.3. The summed E-state index contributed by atoms with van der Waals surface area (Å²) in [7, 11) is 0. The summed E-state index contributed by atoms with van der Waals surface area (Å²) >= 11 is 0. The van der Waals surface area contributed by atoms with Crippen LogP contribution in [-0.4, -0.2) is 0 Å². The van der Waals surface area contributed by atoms with Gasteiger partial charge in [0.15, 0.2) is 0 Å². The van der Waals surface area contributed by atoms with Crippen LogP contribution in [-0.2, 0) is 19.3 Å². The average molecular weight is 411 g/mol. The summed E-state index contributed by atoms with van der Waals surface area (Å²) in [6, 6.07) is 16.5. The number of hydrogen-bond donors (Lipinski definition) is 0. The van der Waals surface area contributed by atoms with Gasteiger partial charge in [-0.3, -0.25) is 0 Å². The topological polar surface area (TPSA) is 0 Å². The van der Waals surface area contributed by atoms with Gasteiger partial charge in [-0.1, -0.05) is 99.2 Å². The predicted octanol–water partition coefficient (Wildman–Crippen LogP) is 8.48. The van der Waals surface area contributed by atoms with Gasteiger partial charge in [0, 0.05) is 5.92 Å².